The Balaban J connectivity index is 2.12. The van der Waals surface area contributed by atoms with Crippen molar-refractivity contribution in [2.75, 3.05) is 12.4 Å². The number of carbonyl (C=O) groups is 2. The molecule has 0 heterocycles. The van der Waals surface area contributed by atoms with Gasteiger partial charge in [-0.1, -0.05) is 6.07 Å². The molecule has 1 amide bonds. The van der Waals surface area contributed by atoms with Crippen molar-refractivity contribution in [3.05, 3.63) is 51.5 Å². The minimum absolute atomic E-state index is 0.00957. The number of carbonyl (C=O) groups excluding carboxylic acids is 2. The quantitative estimate of drug-likeness (QED) is 0.713. The van der Waals surface area contributed by atoms with E-state index in [-0.39, 0.29) is 11.3 Å². The van der Waals surface area contributed by atoms with Gasteiger partial charge in [0.05, 0.1) is 17.3 Å². The zero-order valence-corrected chi connectivity index (χ0v) is 16.5. The minimum Gasteiger partial charge on any atom is -0.506 e. The maximum absolute atomic E-state index is 12.4. The van der Waals surface area contributed by atoms with Crippen molar-refractivity contribution >= 4 is 33.5 Å². The largest absolute Gasteiger partial charge is 0.506 e. The van der Waals surface area contributed by atoms with Crippen LogP contribution in [0, 0.1) is 13.8 Å². The van der Waals surface area contributed by atoms with E-state index in [2.05, 4.69) is 21.2 Å². The average molecular weight is 422 g/mol. The van der Waals surface area contributed by atoms with Gasteiger partial charge in [-0.15, -0.1) is 0 Å². The SMILES string of the molecule is COc1ccc(C)cc1NC(=O)C(C)OC(=O)c1cc(C)cc(Br)c1O. The summed E-state index contributed by atoms with van der Waals surface area (Å²) in [6, 6.07) is 8.53. The molecular formula is C19H20BrNO5. The molecule has 0 aliphatic carbocycles. The standard InChI is InChI=1S/C19H20BrNO5/c1-10-5-6-16(25-4)15(9-10)21-18(23)12(3)26-19(24)13-7-11(2)8-14(20)17(13)22/h5-9,12,22H,1-4H3,(H,21,23). The number of methoxy groups -OCH3 is 1. The number of benzene rings is 2. The van der Waals surface area contributed by atoms with E-state index in [1.165, 1.54) is 20.1 Å². The monoisotopic (exact) mass is 421 g/mol. The number of aryl methyl sites for hydroxylation is 2. The molecule has 0 bridgehead atoms. The minimum atomic E-state index is -1.06. The molecule has 2 rings (SSSR count). The number of nitrogens with one attached hydrogen (secondary N) is 1. The number of halogens is 1. The van der Waals surface area contributed by atoms with Gasteiger partial charge in [0.15, 0.2) is 6.10 Å². The van der Waals surface area contributed by atoms with Crippen LogP contribution in [0.5, 0.6) is 11.5 Å². The van der Waals surface area contributed by atoms with Crippen molar-refractivity contribution in [2.24, 2.45) is 0 Å². The molecule has 6 nitrogen and oxygen atoms in total. The Morgan fingerprint density at radius 3 is 2.50 bits per heavy atom. The molecule has 0 aliphatic rings. The van der Waals surface area contributed by atoms with Crippen molar-refractivity contribution < 1.29 is 24.2 Å². The molecule has 0 saturated heterocycles. The molecule has 0 saturated carbocycles. The number of phenolic OH excluding ortho intramolecular Hbond substituents is 1. The van der Waals surface area contributed by atoms with Crippen LogP contribution in [-0.2, 0) is 9.53 Å². The fourth-order valence-corrected chi connectivity index (χ4v) is 2.90. The lowest BCUT2D eigenvalue weighted by molar-refractivity contribution is -0.123. The van der Waals surface area contributed by atoms with Crippen LogP contribution in [0.25, 0.3) is 0 Å². The molecule has 138 valence electrons. The highest BCUT2D eigenvalue weighted by Crippen LogP contribution is 2.30. The summed E-state index contributed by atoms with van der Waals surface area (Å²) in [6.45, 7) is 5.12. The molecule has 0 spiro atoms. The number of amides is 1. The summed E-state index contributed by atoms with van der Waals surface area (Å²) < 4.78 is 10.8. The zero-order valence-electron chi connectivity index (χ0n) is 14.9. The van der Waals surface area contributed by atoms with Crippen molar-refractivity contribution in [1.82, 2.24) is 0 Å². The Morgan fingerprint density at radius 1 is 1.15 bits per heavy atom. The van der Waals surface area contributed by atoms with Gasteiger partial charge in [-0.2, -0.15) is 0 Å². The van der Waals surface area contributed by atoms with Gasteiger partial charge in [0, 0.05) is 0 Å². The molecule has 1 unspecified atom stereocenters. The van der Waals surface area contributed by atoms with Gasteiger partial charge in [0.25, 0.3) is 5.91 Å². The van der Waals surface area contributed by atoms with Crippen molar-refractivity contribution in [3.8, 4) is 11.5 Å². The van der Waals surface area contributed by atoms with Gasteiger partial charge >= 0.3 is 5.97 Å². The maximum Gasteiger partial charge on any atom is 0.342 e. The Labute approximate surface area is 160 Å². The van der Waals surface area contributed by atoms with E-state index in [0.29, 0.717) is 15.9 Å². The number of phenols is 1. The summed E-state index contributed by atoms with van der Waals surface area (Å²) in [5.74, 6) is -1.02. The average Bonchev–Trinajstić information content (AvgIpc) is 2.58. The van der Waals surface area contributed by atoms with E-state index < -0.39 is 18.0 Å². The van der Waals surface area contributed by atoms with Crippen LogP contribution >= 0.6 is 15.9 Å². The van der Waals surface area contributed by atoms with E-state index in [0.717, 1.165) is 11.1 Å². The summed E-state index contributed by atoms with van der Waals surface area (Å²) in [5, 5.41) is 12.7. The van der Waals surface area contributed by atoms with E-state index in [4.69, 9.17) is 9.47 Å². The lowest BCUT2D eigenvalue weighted by Gasteiger charge is -2.16. The van der Waals surface area contributed by atoms with E-state index in [1.54, 1.807) is 25.1 Å². The Morgan fingerprint density at radius 2 is 1.85 bits per heavy atom. The molecule has 7 heteroatoms. The number of esters is 1. The van der Waals surface area contributed by atoms with Crippen LogP contribution in [-0.4, -0.2) is 30.2 Å². The summed E-state index contributed by atoms with van der Waals surface area (Å²) in [6.07, 6.45) is -1.06. The van der Waals surface area contributed by atoms with Crippen LogP contribution in [0.4, 0.5) is 5.69 Å². The molecule has 2 N–H and O–H groups in total. The van der Waals surface area contributed by atoms with E-state index in [9.17, 15) is 14.7 Å². The highest BCUT2D eigenvalue weighted by molar-refractivity contribution is 9.10. The van der Waals surface area contributed by atoms with Crippen LogP contribution in [0.2, 0.25) is 0 Å². The summed E-state index contributed by atoms with van der Waals surface area (Å²) in [4.78, 5) is 24.7. The van der Waals surface area contributed by atoms with Gasteiger partial charge in [-0.3, -0.25) is 4.79 Å². The molecule has 2 aromatic rings. The first-order chi connectivity index (χ1) is 12.2. The first-order valence-corrected chi connectivity index (χ1v) is 8.67. The van der Waals surface area contributed by atoms with Crippen LogP contribution in [0.3, 0.4) is 0 Å². The first kappa shape index (κ1) is 19.8. The molecule has 0 radical (unpaired) electrons. The van der Waals surface area contributed by atoms with Crippen molar-refractivity contribution in [2.45, 2.75) is 26.9 Å². The molecule has 0 aromatic heterocycles. The molecule has 2 aromatic carbocycles. The second-order valence-corrected chi connectivity index (χ2v) is 6.74. The van der Waals surface area contributed by atoms with Gasteiger partial charge in [-0.25, -0.2) is 4.79 Å². The fourth-order valence-electron chi connectivity index (χ4n) is 2.32. The number of rotatable bonds is 5. The third-order valence-electron chi connectivity index (χ3n) is 3.69. The number of aromatic hydroxyl groups is 1. The number of hydrogen-bond donors (Lipinski definition) is 2. The zero-order chi connectivity index (χ0) is 19.4. The van der Waals surface area contributed by atoms with Gasteiger partial charge in [0.1, 0.15) is 17.1 Å². The van der Waals surface area contributed by atoms with E-state index >= 15 is 0 Å². The number of ether oxygens (including phenoxy) is 2. The summed E-state index contributed by atoms with van der Waals surface area (Å²) >= 11 is 3.18. The lowest BCUT2D eigenvalue weighted by Crippen LogP contribution is -2.30. The van der Waals surface area contributed by atoms with Crippen molar-refractivity contribution in [1.29, 1.82) is 0 Å². The Hall–Kier alpha value is -2.54. The van der Waals surface area contributed by atoms with Crippen LogP contribution in [0.15, 0.2) is 34.8 Å². The highest BCUT2D eigenvalue weighted by Gasteiger charge is 2.23. The molecule has 1 atom stereocenters. The number of anilines is 1. The maximum atomic E-state index is 12.4. The molecule has 0 fully saturated rings. The second kappa shape index (κ2) is 8.23. The van der Waals surface area contributed by atoms with Gasteiger partial charge < -0.3 is 19.9 Å². The topological polar surface area (TPSA) is 84.9 Å². The predicted molar refractivity (Wildman–Crippen MR) is 102 cm³/mol. The van der Waals surface area contributed by atoms with E-state index in [1.807, 2.05) is 13.0 Å². The first-order valence-electron chi connectivity index (χ1n) is 7.88. The number of hydrogen-bond acceptors (Lipinski definition) is 5. The summed E-state index contributed by atoms with van der Waals surface area (Å²) in [7, 11) is 1.50. The third-order valence-corrected chi connectivity index (χ3v) is 4.30. The van der Waals surface area contributed by atoms with Gasteiger partial charge in [0.2, 0.25) is 0 Å². The Kier molecular flexibility index (Phi) is 6.26. The third kappa shape index (κ3) is 4.54. The lowest BCUT2D eigenvalue weighted by atomic mass is 10.1. The van der Waals surface area contributed by atoms with Crippen LogP contribution < -0.4 is 10.1 Å². The predicted octanol–water partition coefficient (Wildman–Crippen LogP) is 3.96. The van der Waals surface area contributed by atoms with Crippen LogP contribution in [0.1, 0.15) is 28.4 Å². The van der Waals surface area contributed by atoms with Gasteiger partial charge in [-0.05, 0) is 72.1 Å². The Bertz CT molecular complexity index is 850. The smallest absolute Gasteiger partial charge is 0.342 e. The molecule has 26 heavy (non-hydrogen) atoms. The summed E-state index contributed by atoms with van der Waals surface area (Å²) in [5.41, 5.74) is 2.19. The normalized spacial score (nSPS) is 11.6. The fraction of sp³-hybridized carbons (Fsp3) is 0.263. The second-order valence-electron chi connectivity index (χ2n) is 5.88. The molecule has 0 aliphatic heterocycles. The molecular weight excluding hydrogens is 402 g/mol. The van der Waals surface area contributed by atoms with Crippen molar-refractivity contribution in [3.63, 3.8) is 0 Å². The highest BCUT2D eigenvalue weighted by atomic mass is 79.9.